The van der Waals surface area contributed by atoms with Gasteiger partial charge in [0.05, 0.1) is 18.6 Å². The number of ether oxygens (including phenoxy) is 3. The molecule has 0 radical (unpaired) electrons. The molecule has 1 saturated heterocycles. The summed E-state index contributed by atoms with van der Waals surface area (Å²) in [5.41, 5.74) is 7.74. The molecule has 1 aromatic rings. The predicted octanol–water partition coefficient (Wildman–Crippen LogP) is 3.44. The van der Waals surface area contributed by atoms with Crippen molar-refractivity contribution in [2.75, 3.05) is 26.0 Å². The maximum atomic E-state index is 13.9. The number of hydrogen-bond acceptors (Lipinski definition) is 5. The van der Waals surface area contributed by atoms with Gasteiger partial charge in [-0.1, -0.05) is 20.5 Å². The topological polar surface area (TPSA) is 66.1 Å². The molecule has 5 nitrogen and oxygen atoms in total. The fourth-order valence-electron chi connectivity index (χ4n) is 5.45. The van der Waals surface area contributed by atoms with Crippen LogP contribution < -0.4 is 10.5 Å². The van der Waals surface area contributed by atoms with Crippen LogP contribution in [0.1, 0.15) is 30.4 Å². The van der Waals surface area contributed by atoms with Gasteiger partial charge in [-0.05, 0) is 48.6 Å². The third kappa shape index (κ3) is 1.95. The molecule has 1 aromatic carbocycles. The van der Waals surface area contributed by atoms with Crippen molar-refractivity contribution in [3.05, 3.63) is 47.0 Å². The van der Waals surface area contributed by atoms with Crippen molar-refractivity contribution in [3.63, 3.8) is 0 Å². The van der Waals surface area contributed by atoms with Crippen molar-refractivity contribution in [2.24, 2.45) is 16.1 Å². The Bertz CT molecular complexity index is 964. The molecule has 7 heteroatoms. The van der Waals surface area contributed by atoms with Gasteiger partial charge >= 0.3 is 0 Å². The zero-order chi connectivity index (χ0) is 19.0. The summed E-state index contributed by atoms with van der Waals surface area (Å²) in [6.07, 6.45) is 5.26. The molecule has 0 aromatic heterocycles. The Hall–Kier alpha value is -1.91. The van der Waals surface area contributed by atoms with Gasteiger partial charge in [0.15, 0.2) is 0 Å². The summed E-state index contributed by atoms with van der Waals surface area (Å²) >= 11 is 0. The van der Waals surface area contributed by atoms with Gasteiger partial charge in [0.2, 0.25) is 0 Å². The minimum absolute atomic E-state index is 0.0664. The van der Waals surface area contributed by atoms with E-state index in [9.17, 15) is 4.39 Å². The number of amidine groups is 1. The summed E-state index contributed by atoms with van der Waals surface area (Å²) in [6.45, 7) is 1.58. The second-order valence-corrected chi connectivity index (χ2v) is 9.46. The average Bonchev–Trinajstić information content (AvgIpc) is 3.01. The molecular formula is C21H22FN2O3P. The third-order valence-corrected chi connectivity index (χ3v) is 8.21. The Balaban J connectivity index is 1.55. The fraction of sp³-hybridized carbons (Fsp3) is 0.476. The maximum absolute atomic E-state index is 13.9. The molecule has 0 amide bonds. The first-order chi connectivity index (χ1) is 13.6. The molecule has 2 fully saturated rings. The molecule has 4 heterocycles. The predicted molar refractivity (Wildman–Crippen MR) is 107 cm³/mol. The molecule has 2 atom stereocenters. The molecule has 6 rings (SSSR count). The molecule has 3 spiro atoms. The van der Waals surface area contributed by atoms with E-state index in [0.29, 0.717) is 34.6 Å². The number of rotatable bonds is 1. The summed E-state index contributed by atoms with van der Waals surface area (Å²) < 4.78 is 32.0. The molecule has 4 aliphatic heterocycles. The van der Waals surface area contributed by atoms with Crippen LogP contribution in [0.15, 0.2) is 40.9 Å². The standard InChI is InChI=1S/C21H22FN2O3P/c22-15-6-14(8-28-9-15)13-2-3-17-16(7-13)21(12-26-18(23)24-21)19(10-25-11-19)20(27-17)4-1-5-20/h2-3,6-8,28H,1,4-5,9-12H2,(H2,23,24). The van der Waals surface area contributed by atoms with Crippen molar-refractivity contribution >= 4 is 20.2 Å². The quantitative estimate of drug-likeness (QED) is 0.734. The zero-order valence-corrected chi connectivity index (χ0v) is 16.5. The molecule has 2 N–H and O–H groups in total. The van der Waals surface area contributed by atoms with Crippen molar-refractivity contribution in [3.8, 4) is 5.75 Å². The number of fused-ring (bicyclic) bond motifs is 4. The molecule has 1 saturated carbocycles. The summed E-state index contributed by atoms with van der Waals surface area (Å²) in [4.78, 5) is 4.88. The van der Waals surface area contributed by atoms with Crippen LogP contribution in [0.3, 0.4) is 0 Å². The molecule has 28 heavy (non-hydrogen) atoms. The number of hydrogen-bond donors (Lipinski definition) is 1. The van der Waals surface area contributed by atoms with Crippen LogP contribution in [0.5, 0.6) is 5.75 Å². The number of allylic oxidation sites excluding steroid dienone is 3. The Kier molecular flexibility index (Phi) is 3.39. The number of benzene rings is 1. The SMILES string of the molecule is NC1=NC2(CO1)c1cc(C3=CPCC(F)=C3)ccc1OC1(CCC1)C21COC1. The van der Waals surface area contributed by atoms with Crippen molar-refractivity contribution in [1.29, 1.82) is 0 Å². The van der Waals surface area contributed by atoms with E-state index >= 15 is 0 Å². The van der Waals surface area contributed by atoms with Crippen LogP contribution in [0.4, 0.5) is 4.39 Å². The van der Waals surface area contributed by atoms with Crippen molar-refractivity contribution in [2.45, 2.75) is 30.4 Å². The van der Waals surface area contributed by atoms with E-state index in [-0.39, 0.29) is 22.9 Å². The largest absolute Gasteiger partial charge is 0.486 e. The number of halogens is 1. The molecule has 146 valence electrons. The molecular weight excluding hydrogens is 378 g/mol. The van der Waals surface area contributed by atoms with Crippen molar-refractivity contribution in [1.82, 2.24) is 0 Å². The Morgan fingerprint density at radius 3 is 2.64 bits per heavy atom. The van der Waals surface area contributed by atoms with Crippen LogP contribution in [-0.4, -0.2) is 37.6 Å². The van der Waals surface area contributed by atoms with Crippen LogP contribution in [0, 0.1) is 5.41 Å². The maximum Gasteiger partial charge on any atom is 0.283 e. The van der Waals surface area contributed by atoms with E-state index in [1.165, 1.54) is 0 Å². The zero-order valence-electron chi connectivity index (χ0n) is 15.5. The van der Waals surface area contributed by atoms with Gasteiger partial charge in [0, 0.05) is 11.7 Å². The summed E-state index contributed by atoms with van der Waals surface area (Å²) in [5.74, 6) is 2.88. The Labute approximate surface area is 164 Å². The number of nitrogens with zero attached hydrogens (tertiary/aromatic N) is 1. The summed E-state index contributed by atoms with van der Waals surface area (Å²) in [7, 11) is 0.463. The highest BCUT2D eigenvalue weighted by Crippen LogP contribution is 2.67. The van der Waals surface area contributed by atoms with Crippen LogP contribution in [0.25, 0.3) is 5.57 Å². The lowest BCUT2D eigenvalue weighted by Gasteiger charge is -2.66. The first-order valence-corrected chi connectivity index (χ1v) is 11.1. The first-order valence-electron chi connectivity index (χ1n) is 9.77. The minimum atomic E-state index is -0.612. The van der Waals surface area contributed by atoms with Crippen molar-refractivity contribution < 1.29 is 18.6 Å². The molecule has 5 aliphatic rings. The highest BCUT2D eigenvalue weighted by Gasteiger charge is 2.75. The molecule has 0 bridgehead atoms. The fourth-order valence-corrected chi connectivity index (χ4v) is 6.32. The minimum Gasteiger partial charge on any atom is -0.486 e. The smallest absolute Gasteiger partial charge is 0.283 e. The van der Waals surface area contributed by atoms with E-state index in [1.54, 1.807) is 6.08 Å². The first kappa shape index (κ1) is 17.0. The van der Waals surface area contributed by atoms with Crippen LogP contribution >= 0.6 is 8.58 Å². The van der Waals surface area contributed by atoms with E-state index in [2.05, 4.69) is 11.9 Å². The van der Waals surface area contributed by atoms with Gasteiger partial charge in [0.1, 0.15) is 29.3 Å². The van der Waals surface area contributed by atoms with Gasteiger partial charge in [-0.15, -0.1) is 0 Å². The van der Waals surface area contributed by atoms with Gasteiger partial charge in [-0.3, -0.25) is 0 Å². The second-order valence-electron chi connectivity index (χ2n) is 8.41. The number of aliphatic imine (C=N–C) groups is 1. The monoisotopic (exact) mass is 400 g/mol. The normalized spacial score (nSPS) is 32.0. The highest BCUT2D eigenvalue weighted by molar-refractivity contribution is 7.42. The van der Waals surface area contributed by atoms with Gasteiger partial charge in [-0.25, -0.2) is 9.38 Å². The van der Waals surface area contributed by atoms with Gasteiger partial charge < -0.3 is 19.9 Å². The van der Waals surface area contributed by atoms with Gasteiger partial charge in [-0.2, -0.15) is 0 Å². The van der Waals surface area contributed by atoms with E-state index in [0.717, 1.165) is 41.7 Å². The highest BCUT2D eigenvalue weighted by atomic mass is 31.1. The Morgan fingerprint density at radius 1 is 1.18 bits per heavy atom. The molecule has 2 unspecified atom stereocenters. The Morgan fingerprint density at radius 2 is 2.04 bits per heavy atom. The third-order valence-electron chi connectivity index (χ3n) is 7.16. The second kappa shape index (κ2) is 5.58. The summed E-state index contributed by atoms with van der Waals surface area (Å²) in [6, 6.07) is 6.34. The van der Waals surface area contributed by atoms with Crippen LogP contribution in [0.2, 0.25) is 0 Å². The lowest BCUT2D eigenvalue weighted by molar-refractivity contribution is -0.281. The lowest BCUT2D eigenvalue weighted by atomic mass is 9.49. The lowest BCUT2D eigenvalue weighted by Crippen LogP contribution is -2.75. The van der Waals surface area contributed by atoms with E-state index in [1.807, 2.05) is 12.1 Å². The molecule has 1 aliphatic carbocycles. The van der Waals surface area contributed by atoms with Crippen LogP contribution in [-0.2, 0) is 15.0 Å². The van der Waals surface area contributed by atoms with Gasteiger partial charge in [0.25, 0.3) is 6.02 Å². The van der Waals surface area contributed by atoms with E-state index < -0.39 is 5.54 Å². The number of nitrogens with two attached hydrogens (primary N) is 1. The van der Waals surface area contributed by atoms with E-state index in [4.69, 9.17) is 24.9 Å². The summed E-state index contributed by atoms with van der Waals surface area (Å²) in [5, 5.41) is 0. The average molecular weight is 400 g/mol.